The lowest BCUT2D eigenvalue weighted by Crippen LogP contribution is -2.52. The summed E-state index contributed by atoms with van der Waals surface area (Å²) in [6, 6.07) is 46.6. The number of benzene rings is 6. The van der Waals surface area contributed by atoms with Gasteiger partial charge in [0.1, 0.15) is 24.1 Å². The van der Waals surface area contributed by atoms with Crippen molar-refractivity contribution < 1.29 is 73.4 Å². The number of ether oxygens (including phenoxy) is 2. The average Bonchev–Trinajstić information content (AvgIpc) is 1.45. The Kier molecular flexibility index (Phi) is 37.9. The normalized spacial score (nSPS) is 22.4. The lowest BCUT2D eigenvalue weighted by molar-refractivity contribution is -0.149. The smallest absolute Gasteiger partial charge is 0.335 e. The third-order valence-electron chi connectivity index (χ3n) is 29.3. The first-order chi connectivity index (χ1) is 70.3. The molecular formula is C112H137N15O16S3. The molecule has 7 heterocycles. The number of piperidine rings is 1. The van der Waals surface area contributed by atoms with Gasteiger partial charge in [-0.2, -0.15) is 31.8 Å². The third-order valence-corrected chi connectivity index (χ3v) is 30.8. The minimum absolute atomic E-state index is 0.0460. The summed E-state index contributed by atoms with van der Waals surface area (Å²) in [4.78, 5) is 126. The van der Waals surface area contributed by atoms with E-state index in [1.54, 1.807) is 24.4 Å². The predicted octanol–water partition coefficient (Wildman–Crippen LogP) is 17.2. The Balaban J connectivity index is 0.000000152. The van der Waals surface area contributed by atoms with Gasteiger partial charge in [0.05, 0.1) is 40.7 Å². The number of esters is 1. The van der Waals surface area contributed by atoms with E-state index in [2.05, 4.69) is 126 Å². The summed E-state index contributed by atoms with van der Waals surface area (Å²) in [7, 11) is -3.75. The van der Waals surface area contributed by atoms with Gasteiger partial charge in [0, 0.05) is 149 Å². The maximum absolute atomic E-state index is 13.7. The highest BCUT2D eigenvalue weighted by Gasteiger charge is 2.54. The van der Waals surface area contributed by atoms with E-state index in [0.717, 1.165) is 207 Å². The zero-order valence-electron chi connectivity index (χ0n) is 85.3. The summed E-state index contributed by atoms with van der Waals surface area (Å²) in [5.41, 5.74) is 17.2. The van der Waals surface area contributed by atoms with E-state index < -0.39 is 33.2 Å². The fourth-order valence-electron chi connectivity index (χ4n) is 23.0. The van der Waals surface area contributed by atoms with Crippen LogP contribution in [0, 0.1) is 70.1 Å². The van der Waals surface area contributed by atoms with Crippen molar-refractivity contribution in [1.82, 2.24) is 39.8 Å². The van der Waals surface area contributed by atoms with Crippen molar-refractivity contribution >= 4 is 126 Å². The molecule has 774 valence electrons. The molecule has 7 saturated carbocycles. The molecule has 0 radical (unpaired) electrons. The van der Waals surface area contributed by atoms with E-state index in [4.69, 9.17) is 36.4 Å². The quantitative estimate of drug-likeness (QED) is 0.0277. The highest BCUT2D eigenvalue weighted by atomic mass is 32.2. The molecule has 8 fully saturated rings. The second-order valence-corrected chi connectivity index (χ2v) is 43.0. The Bertz CT molecular complexity index is 6280. The van der Waals surface area contributed by atoms with Gasteiger partial charge in [0.15, 0.2) is 0 Å². The molecule has 6 aromatic carbocycles. The molecule has 146 heavy (non-hydrogen) atoms. The number of aliphatic hydroxyl groups is 1. The zero-order chi connectivity index (χ0) is 104. The number of amides is 6. The number of carbonyl (C=O) groups excluding carboxylic acids is 7. The number of sulfonamides is 1. The third kappa shape index (κ3) is 27.6. The van der Waals surface area contributed by atoms with E-state index in [1.807, 2.05) is 141 Å². The first kappa shape index (κ1) is 109. The fourth-order valence-corrected chi connectivity index (χ4v) is 24.0. The molecule has 4 bridgehead atoms. The molecule has 9 aromatic rings. The number of pyridine rings is 2. The molecule has 0 unspecified atom stereocenters. The molecule has 1 saturated heterocycles. The van der Waals surface area contributed by atoms with E-state index >= 15 is 0 Å². The second kappa shape index (κ2) is 50.7. The number of aliphatic imine (C=N–C) groups is 3. The number of carbonyl (C=O) groups is 7. The number of nitrogens with zero attached hydrogens (tertiary/aromatic N) is 11. The van der Waals surface area contributed by atoms with Gasteiger partial charge in [-0.15, -0.1) is 6.58 Å². The number of hydrogen-bond acceptors (Lipinski definition) is 20. The van der Waals surface area contributed by atoms with Gasteiger partial charge in [-0.1, -0.05) is 89.9 Å². The maximum atomic E-state index is 13.7. The van der Waals surface area contributed by atoms with E-state index in [1.165, 1.54) is 73.4 Å². The van der Waals surface area contributed by atoms with Crippen LogP contribution < -0.4 is 40.1 Å². The Morgan fingerprint density at radius 1 is 0.534 bits per heavy atom. The van der Waals surface area contributed by atoms with Crippen LogP contribution in [0.3, 0.4) is 0 Å². The van der Waals surface area contributed by atoms with Gasteiger partial charge in [0.2, 0.25) is 33.7 Å². The Labute approximate surface area is 863 Å². The fraction of sp³-hybridized carbons (Fsp3) is 0.473. The highest BCUT2D eigenvalue weighted by Crippen LogP contribution is 2.60. The maximum Gasteiger partial charge on any atom is 0.335 e. The molecule has 20 rings (SSSR count). The molecule has 0 spiro atoms. The number of imidazole rings is 1. The van der Waals surface area contributed by atoms with E-state index in [9.17, 15) is 42.0 Å². The van der Waals surface area contributed by atoms with Gasteiger partial charge in [0.25, 0.3) is 23.6 Å². The number of nitrogens with one attached hydrogen (secondary N) is 4. The zero-order valence-corrected chi connectivity index (χ0v) is 87.7. The molecule has 31 nitrogen and oxygen atoms in total. The predicted molar refractivity (Wildman–Crippen MR) is 567 cm³/mol. The molecule has 0 atom stereocenters. The van der Waals surface area contributed by atoms with Crippen LogP contribution in [-0.2, 0) is 83.6 Å². The topological polar surface area (TPSA) is 402 Å². The molecule has 5 N–H and O–H groups in total. The van der Waals surface area contributed by atoms with Crippen LogP contribution in [0.5, 0.6) is 5.88 Å². The first-order valence-corrected chi connectivity index (χ1v) is 54.2. The number of likely N-dealkylation sites (tertiary alicyclic amines) is 1. The van der Waals surface area contributed by atoms with E-state index in [-0.39, 0.29) is 125 Å². The van der Waals surface area contributed by atoms with Gasteiger partial charge in [-0.05, 0) is 324 Å². The van der Waals surface area contributed by atoms with Crippen molar-refractivity contribution in [3.8, 4) is 5.88 Å². The van der Waals surface area contributed by atoms with Crippen LogP contribution in [0.25, 0.3) is 11.0 Å². The van der Waals surface area contributed by atoms with Crippen LogP contribution >= 0.6 is 0 Å². The SMILES string of the molecule is C=CCNS(=O)(=O)c1cccc(C(=O)Nc2nc3ccc(CN4CCCCC4)cc3n2C23CC4CC(CC(C4)C2)C3)c1.CCOC(=O)C1CCC(N2C(=NC(=O)c3cccc(C)c3)Cc3cnc(OCCO)cc32)CC1.Cc1ccc(C(=O)N=C2Cc3ccc(C)cc3N2C2CCC(C(=O)NC(C)C)CC2)cc1.Cc1ccc(C(=O)N=C2Cc3cnc(C)cc3N2C2CCC(C(=O)NC(C)C)CC2)cc1.O=S=O.O=S=O. The number of amidine groups is 3. The number of fused-ring (bicyclic) bond motifs is 4. The van der Waals surface area contributed by atoms with Gasteiger partial charge < -0.3 is 44.5 Å². The monoisotopic (exact) mass is 2040 g/mol. The molecule has 3 aromatic heterocycles. The molecule has 11 aliphatic rings. The highest BCUT2D eigenvalue weighted by molar-refractivity contribution is 7.89. The minimum atomic E-state index is -3.75. The van der Waals surface area contributed by atoms with Crippen molar-refractivity contribution in [2.75, 3.05) is 59.5 Å². The molecule has 34 heteroatoms. The van der Waals surface area contributed by atoms with E-state index in [0.29, 0.717) is 60.2 Å². The van der Waals surface area contributed by atoms with Gasteiger partial charge in [-0.25, -0.2) is 23.1 Å². The standard InChI is InChI=1S/C33H41N5O3S.C27H33N3O2.C26H32N4O2.C26H31N3O5.2O2S/c1-2-11-34-42(40,41)28-8-6-7-27(18-28)31(39)36-32-35-29-10-9-23(22-37-12-4-3-5-13-37)17-30(29)38(32)33-19-24-14-25(20-33)16-26(15-24)21-33;1-17(2)28-26(31)21-11-13-23(14-12-21)30-24-15-19(4)7-10-22(24)16-25(30)29-27(32)20-8-5-18(3)6-9-20;1-16(2)28-25(31)20-9-11-22(12-10-20)30-23-13-18(4)27-15-21(23)14-24(30)29-26(32)19-7-5-17(3)6-8-19;1-3-33-26(32)18-7-9-21(10-8-18)29-22-15-24(34-12-11-30)27-16-20(22)14-23(29)28-25(31)19-6-4-5-17(2)13-19;2*1-3-2/h2,6-10,17-18,24-26,34H,1,3-5,11-16,19-22H2,(H,35,36,39);5-10,15,17,21,23H,11-14,16H2,1-4H3,(H,28,31);5-8,13,15-16,20,22H,9-12,14H2,1-4H3,(H,28,31);4-6,13,15-16,18,21,30H,3,7-12,14H2,1-2H3;;. The largest absolute Gasteiger partial charge is 0.475 e. The van der Waals surface area contributed by atoms with Crippen LogP contribution in [0.4, 0.5) is 23.0 Å². The van der Waals surface area contributed by atoms with Crippen LogP contribution in [0.1, 0.15) is 261 Å². The van der Waals surface area contributed by atoms with Gasteiger partial charge >= 0.3 is 29.1 Å². The molecular weight excluding hydrogens is 1910 g/mol. The summed E-state index contributed by atoms with van der Waals surface area (Å²) in [5, 5.41) is 18.3. The molecule has 6 amide bonds. The molecule has 4 aliphatic heterocycles. The number of aryl methyl sites for hydroxylation is 5. The van der Waals surface area contributed by atoms with Crippen molar-refractivity contribution in [3.05, 3.63) is 243 Å². The summed E-state index contributed by atoms with van der Waals surface area (Å²) >= 11 is -1.50. The number of aliphatic hydroxyl groups excluding tert-OH is 1. The van der Waals surface area contributed by atoms with Crippen LogP contribution in [-0.4, -0.2) is 183 Å². The molecule has 7 aliphatic carbocycles. The Morgan fingerprint density at radius 3 is 1.51 bits per heavy atom. The van der Waals surface area contributed by atoms with Crippen LogP contribution in [0.2, 0.25) is 0 Å². The first-order valence-electron chi connectivity index (χ1n) is 51.4. The number of anilines is 4. The van der Waals surface area contributed by atoms with Gasteiger partial charge in [-0.3, -0.25) is 48.8 Å². The Hall–Kier alpha value is -12.6. The van der Waals surface area contributed by atoms with Crippen molar-refractivity contribution in [3.63, 3.8) is 0 Å². The van der Waals surface area contributed by atoms with Crippen molar-refractivity contribution in [2.45, 2.75) is 271 Å². The van der Waals surface area contributed by atoms with Crippen molar-refractivity contribution in [1.29, 1.82) is 0 Å². The Morgan fingerprint density at radius 2 is 1.01 bits per heavy atom. The summed E-state index contributed by atoms with van der Waals surface area (Å²) in [5.74, 6) is 4.69. The minimum Gasteiger partial charge on any atom is -0.475 e. The summed E-state index contributed by atoms with van der Waals surface area (Å²) in [6.07, 6.45) is 28.2. The number of rotatable bonds is 24. The van der Waals surface area contributed by atoms with Crippen LogP contribution in [0.15, 0.2) is 191 Å². The average molecular weight is 2050 g/mol. The summed E-state index contributed by atoms with van der Waals surface area (Å²) < 4.78 is 74.2. The summed E-state index contributed by atoms with van der Waals surface area (Å²) in [6.45, 7) is 27.2. The number of hydrogen-bond donors (Lipinski definition) is 5. The second-order valence-electron chi connectivity index (χ2n) is 41.0. The lowest BCUT2D eigenvalue weighted by Gasteiger charge is -2.57. The lowest BCUT2D eigenvalue weighted by atomic mass is 9.53. The van der Waals surface area contributed by atoms with Crippen molar-refractivity contribution in [2.24, 2.45) is 50.5 Å². The number of aromatic nitrogens is 4.